The third-order valence-corrected chi connectivity index (χ3v) is 3.85. The number of halogens is 2. The molecule has 0 bridgehead atoms. The fraction of sp³-hybridized carbons (Fsp3) is 0.538. The first-order chi connectivity index (χ1) is 8.00. The number of nitrogens with one attached hydrogen (secondary N) is 1. The Kier molecular flexibility index (Phi) is 3.85. The van der Waals surface area contributed by atoms with Crippen LogP contribution in [0, 0.1) is 11.2 Å². The van der Waals surface area contributed by atoms with Gasteiger partial charge in [-0.2, -0.15) is 0 Å². The predicted molar refractivity (Wildman–Crippen MR) is 69.4 cm³/mol. The molecule has 0 aromatic heterocycles. The van der Waals surface area contributed by atoms with Gasteiger partial charge in [-0.05, 0) is 24.6 Å². The standard InChI is InChI=1S/C13H17BrFNO/c1-9(16-6-13(2)7-17-8-13)11-4-3-10(15)5-12(11)14/h3-5,9,16H,6-8H2,1-2H3. The summed E-state index contributed by atoms with van der Waals surface area (Å²) in [5, 5.41) is 3.47. The zero-order valence-electron chi connectivity index (χ0n) is 10.1. The van der Waals surface area contributed by atoms with Crippen molar-refractivity contribution in [1.29, 1.82) is 0 Å². The van der Waals surface area contributed by atoms with Crippen molar-refractivity contribution in [2.24, 2.45) is 5.41 Å². The molecule has 1 aliphatic rings. The molecule has 0 radical (unpaired) electrons. The summed E-state index contributed by atoms with van der Waals surface area (Å²) in [6, 6.07) is 5.01. The molecule has 1 saturated heterocycles. The molecular formula is C13H17BrFNO. The van der Waals surface area contributed by atoms with Crippen LogP contribution < -0.4 is 5.32 Å². The highest BCUT2D eigenvalue weighted by Crippen LogP contribution is 2.28. The quantitative estimate of drug-likeness (QED) is 0.921. The monoisotopic (exact) mass is 301 g/mol. The van der Waals surface area contributed by atoms with Crippen molar-refractivity contribution in [3.05, 3.63) is 34.1 Å². The number of ether oxygens (including phenoxy) is 1. The molecule has 1 atom stereocenters. The van der Waals surface area contributed by atoms with Gasteiger partial charge < -0.3 is 10.1 Å². The van der Waals surface area contributed by atoms with Crippen LogP contribution in [0.15, 0.2) is 22.7 Å². The summed E-state index contributed by atoms with van der Waals surface area (Å²) in [6.07, 6.45) is 0. The van der Waals surface area contributed by atoms with Gasteiger partial charge in [0.2, 0.25) is 0 Å². The van der Waals surface area contributed by atoms with Gasteiger partial charge in [0.1, 0.15) is 5.82 Å². The van der Waals surface area contributed by atoms with E-state index in [-0.39, 0.29) is 17.3 Å². The van der Waals surface area contributed by atoms with Crippen LogP contribution in [-0.2, 0) is 4.74 Å². The van der Waals surface area contributed by atoms with Gasteiger partial charge in [-0.25, -0.2) is 4.39 Å². The molecule has 1 heterocycles. The Morgan fingerprint density at radius 1 is 1.53 bits per heavy atom. The zero-order valence-corrected chi connectivity index (χ0v) is 11.7. The van der Waals surface area contributed by atoms with Crippen LogP contribution in [0.4, 0.5) is 4.39 Å². The average Bonchev–Trinajstić information content (AvgIpc) is 2.23. The maximum atomic E-state index is 13.0. The first-order valence-electron chi connectivity index (χ1n) is 5.76. The largest absolute Gasteiger partial charge is 0.380 e. The number of hydrogen-bond donors (Lipinski definition) is 1. The van der Waals surface area contributed by atoms with E-state index in [9.17, 15) is 4.39 Å². The normalized spacial score (nSPS) is 19.8. The highest BCUT2D eigenvalue weighted by Gasteiger charge is 2.33. The third-order valence-electron chi connectivity index (χ3n) is 3.17. The van der Waals surface area contributed by atoms with Gasteiger partial charge in [-0.1, -0.05) is 28.9 Å². The smallest absolute Gasteiger partial charge is 0.124 e. The summed E-state index contributed by atoms with van der Waals surface area (Å²) in [5.41, 5.74) is 1.33. The van der Waals surface area contributed by atoms with E-state index >= 15 is 0 Å². The van der Waals surface area contributed by atoms with E-state index in [1.165, 1.54) is 12.1 Å². The van der Waals surface area contributed by atoms with E-state index in [1.54, 1.807) is 0 Å². The van der Waals surface area contributed by atoms with Gasteiger partial charge in [-0.3, -0.25) is 0 Å². The van der Waals surface area contributed by atoms with Crippen molar-refractivity contribution in [2.45, 2.75) is 19.9 Å². The van der Waals surface area contributed by atoms with Gasteiger partial charge in [0.15, 0.2) is 0 Å². The lowest BCUT2D eigenvalue weighted by Gasteiger charge is -2.39. The third kappa shape index (κ3) is 3.06. The minimum Gasteiger partial charge on any atom is -0.380 e. The topological polar surface area (TPSA) is 21.3 Å². The van der Waals surface area contributed by atoms with Crippen LogP contribution in [0.1, 0.15) is 25.5 Å². The summed E-state index contributed by atoms with van der Waals surface area (Å²) < 4.78 is 19.0. The van der Waals surface area contributed by atoms with Gasteiger partial charge in [-0.15, -0.1) is 0 Å². The SMILES string of the molecule is CC(NCC1(C)COC1)c1ccc(F)cc1Br. The van der Waals surface area contributed by atoms with Crippen LogP contribution in [0.2, 0.25) is 0 Å². The number of hydrogen-bond acceptors (Lipinski definition) is 2. The van der Waals surface area contributed by atoms with Gasteiger partial charge >= 0.3 is 0 Å². The molecule has 0 saturated carbocycles. The van der Waals surface area contributed by atoms with Gasteiger partial charge in [0, 0.05) is 22.5 Å². The van der Waals surface area contributed by atoms with Crippen molar-refractivity contribution in [3.8, 4) is 0 Å². The zero-order chi connectivity index (χ0) is 12.5. The Labute approximate surface area is 110 Å². The average molecular weight is 302 g/mol. The number of benzene rings is 1. The Balaban J connectivity index is 1.96. The summed E-state index contributed by atoms with van der Waals surface area (Å²) in [7, 11) is 0. The summed E-state index contributed by atoms with van der Waals surface area (Å²) in [4.78, 5) is 0. The molecule has 1 aliphatic heterocycles. The van der Waals surface area contributed by atoms with Crippen molar-refractivity contribution < 1.29 is 9.13 Å². The molecule has 0 aliphatic carbocycles. The molecule has 2 rings (SSSR count). The van der Waals surface area contributed by atoms with E-state index in [1.807, 2.05) is 6.07 Å². The second-order valence-corrected chi connectivity index (χ2v) is 5.93. The van der Waals surface area contributed by atoms with Crippen LogP contribution in [0.25, 0.3) is 0 Å². The molecule has 0 amide bonds. The fourth-order valence-electron chi connectivity index (χ4n) is 1.91. The minimum atomic E-state index is -0.216. The second kappa shape index (κ2) is 5.04. The molecule has 1 N–H and O–H groups in total. The second-order valence-electron chi connectivity index (χ2n) is 5.07. The Morgan fingerprint density at radius 3 is 2.76 bits per heavy atom. The van der Waals surface area contributed by atoms with Crippen LogP contribution in [-0.4, -0.2) is 19.8 Å². The van der Waals surface area contributed by atoms with Crippen LogP contribution >= 0.6 is 15.9 Å². The van der Waals surface area contributed by atoms with E-state index in [0.29, 0.717) is 0 Å². The van der Waals surface area contributed by atoms with Crippen molar-refractivity contribution >= 4 is 15.9 Å². The van der Waals surface area contributed by atoms with Gasteiger partial charge in [0.25, 0.3) is 0 Å². The molecule has 94 valence electrons. The van der Waals surface area contributed by atoms with E-state index < -0.39 is 0 Å². The van der Waals surface area contributed by atoms with E-state index in [0.717, 1.165) is 29.8 Å². The molecule has 1 unspecified atom stereocenters. The van der Waals surface area contributed by atoms with Crippen LogP contribution in [0.3, 0.4) is 0 Å². The Hall–Kier alpha value is -0.450. The highest BCUT2D eigenvalue weighted by molar-refractivity contribution is 9.10. The summed E-state index contributed by atoms with van der Waals surface area (Å²) in [6.45, 7) is 6.84. The Bertz CT molecular complexity index is 406. The lowest BCUT2D eigenvalue weighted by atomic mass is 9.88. The van der Waals surface area contributed by atoms with Crippen molar-refractivity contribution in [3.63, 3.8) is 0 Å². The number of rotatable bonds is 4. The molecular weight excluding hydrogens is 285 g/mol. The molecule has 2 nitrogen and oxygen atoms in total. The van der Waals surface area contributed by atoms with Crippen molar-refractivity contribution in [2.75, 3.05) is 19.8 Å². The maximum absolute atomic E-state index is 13.0. The summed E-state index contributed by atoms with van der Waals surface area (Å²) in [5.74, 6) is -0.216. The summed E-state index contributed by atoms with van der Waals surface area (Å²) >= 11 is 3.39. The lowest BCUT2D eigenvalue weighted by Crippen LogP contribution is -2.47. The molecule has 1 aromatic rings. The lowest BCUT2D eigenvalue weighted by molar-refractivity contribution is -0.0999. The van der Waals surface area contributed by atoms with Crippen molar-refractivity contribution in [1.82, 2.24) is 5.32 Å². The van der Waals surface area contributed by atoms with Gasteiger partial charge in [0.05, 0.1) is 13.2 Å². The van der Waals surface area contributed by atoms with Crippen LogP contribution in [0.5, 0.6) is 0 Å². The molecule has 1 fully saturated rings. The molecule has 17 heavy (non-hydrogen) atoms. The first kappa shape index (κ1) is 13.0. The van der Waals surface area contributed by atoms with E-state index in [4.69, 9.17) is 4.74 Å². The highest BCUT2D eigenvalue weighted by atomic mass is 79.9. The molecule has 0 spiro atoms. The molecule has 4 heteroatoms. The van der Waals surface area contributed by atoms with E-state index in [2.05, 4.69) is 35.1 Å². The molecule has 1 aromatic carbocycles. The fourth-order valence-corrected chi connectivity index (χ4v) is 2.61. The maximum Gasteiger partial charge on any atom is 0.124 e. The Morgan fingerprint density at radius 2 is 2.24 bits per heavy atom. The minimum absolute atomic E-state index is 0.197. The first-order valence-corrected chi connectivity index (χ1v) is 6.56. The predicted octanol–water partition coefficient (Wildman–Crippen LogP) is 3.28.